The van der Waals surface area contributed by atoms with E-state index in [1.807, 2.05) is 0 Å². The van der Waals surface area contributed by atoms with Crippen LogP contribution in [0.5, 0.6) is 0 Å². The van der Waals surface area contributed by atoms with Gasteiger partial charge in [-0.15, -0.1) is 0 Å². The molecule has 1 N–H and O–H groups in total. The van der Waals surface area contributed by atoms with Crippen molar-refractivity contribution in [3.05, 3.63) is 63.9 Å². The van der Waals surface area contributed by atoms with Crippen molar-refractivity contribution in [1.82, 2.24) is 10.2 Å². The van der Waals surface area contributed by atoms with Gasteiger partial charge in [0, 0.05) is 28.2 Å². The average molecular weight is 559 g/mol. The number of carbonyl (C=O) groups is 2. The van der Waals surface area contributed by atoms with E-state index in [4.69, 9.17) is 23.2 Å². The maximum absolute atomic E-state index is 13.7. The monoisotopic (exact) mass is 557 g/mol. The van der Waals surface area contributed by atoms with Gasteiger partial charge in [-0.2, -0.15) is 0 Å². The molecule has 7 nitrogen and oxygen atoms in total. The largest absolute Gasteiger partial charge is 0.352 e. The maximum Gasteiger partial charge on any atom is 0.244 e. The van der Waals surface area contributed by atoms with Gasteiger partial charge in [0.25, 0.3) is 0 Å². The summed E-state index contributed by atoms with van der Waals surface area (Å²) in [6.07, 6.45) is 5.06. The van der Waals surface area contributed by atoms with Crippen molar-refractivity contribution >= 4 is 50.7 Å². The lowest BCUT2D eigenvalue weighted by molar-refractivity contribution is -0.140. The van der Waals surface area contributed by atoms with Crippen LogP contribution >= 0.6 is 23.2 Å². The number of nitrogens with zero attached hydrogens (tertiary/aromatic N) is 2. The van der Waals surface area contributed by atoms with Crippen LogP contribution < -0.4 is 9.62 Å². The van der Waals surface area contributed by atoms with E-state index < -0.39 is 34.3 Å². The summed E-state index contributed by atoms with van der Waals surface area (Å²) in [6, 6.07) is 8.89. The number of hydrogen-bond donors (Lipinski definition) is 1. The van der Waals surface area contributed by atoms with Crippen LogP contribution in [0.4, 0.5) is 10.1 Å². The zero-order valence-electron chi connectivity index (χ0n) is 20.2. The predicted molar refractivity (Wildman–Crippen MR) is 140 cm³/mol. The Balaban J connectivity index is 1.96. The van der Waals surface area contributed by atoms with E-state index in [0.717, 1.165) is 48.4 Å². The van der Waals surface area contributed by atoms with Gasteiger partial charge in [0.1, 0.15) is 18.4 Å². The molecule has 2 aromatic rings. The summed E-state index contributed by atoms with van der Waals surface area (Å²) in [4.78, 5) is 28.3. The van der Waals surface area contributed by atoms with E-state index in [0.29, 0.717) is 22.0 Å². The fraction of sp³-hybridized carbons (Fsp3) is 0.440. The second-order valence-electron chi connectivity index (χ2n) is 8.88. The molecular weight excluding hydrogens is 528 g/mol. The van der Waals surface area contributed by atoms with Gasteiger partial charge in [0.2, 0.25) is 21.8 Å². The SMILES string of the molecule is CC[C@@H](C(=O)NC1CCCC1)N(Cc1c(Cl)cccc1Cl)C(=O)CN(c1ccc(F)cc1)S(C)(=O)=O. The van der Waals surface area contributed by atoms with Crippen molar-refractivity contribution in [3.63, 3.8) is 0 Å². The molecule has 11 heteroatoms. The second-order valence-corrected chi connectivity index (χ2v) is 11.6. The summed E-state index contributed by atoms with van der Waals surface area (Å²) < 4.78 is 39.5. The number of rotatable bonds is 10. The van der Waals surface area contributed by atoms with Crippen molar-refractivity contribution in [2.24, 2.45) is 0 Å². The Labute approximate surface area is 221 Å². The average Bonchev–Trinajstić information content (AvgIpc) is 3.32. The highest BCUT2D eigenvalue weighted by molar-refractivity contribution is 7.92. The number of carbonyl (C=O) groups excluding carboxylic acids is 2. The zero-order valence-corrected chi connectivity index (χ0v) is 22.5. The fourth-order valence-corrected chi connectivity index (χ4v) is 5.73. The molecule has 1 saturated carbocycles. The molecule has 3 rings (SSSR count). The summed E-state index contributed by atoms with van der Waals surface area (Å²) in [7, 11) is -3.91. The van der Waals surface area contributed by atoms with Crippen LogP contribution in [0.15, 0.2) is 42.5 Å². The van der Waals surface area contributed by atoms with Gasteiger partial charge in [0.05, 0.1) is 11.9 Å². The van der Waals surface area contributed by atoms with E-state index in [-0.39, 0.29) is 24.2 Å². The lowest BCUT2D eigenvalue weighted by Gasteiger charge is -2.33. The van der Waals surface area contributed by atoms with Crippen molar-refractivity contribution < 1.29 is 22.4 Å². The molecule has 1 aliphatic carbocycles. The van der Waals surface area contributed by atoms with E-state index in [1.165, 1.54) is 17.0 Å². The van der Waals surface area contributed by atoms with E-state index in [1.54, 1.807) is 25.1 Å². The topological polar surface area (TPSA) is 86.8 Å². The molecule has 2 amide bonds. The van der Waals surface area contributed by atoms with Crippen LogP contribution in [0, 0.1) is 5.82 Å². The van der Waals surface area contributed by atoms with Crippen molar-refractivity contribution in [1.29, 1.82) is 0 Å². The molecule has 0 radical (unpaired) electrons. The van der Waals surface area contributed by atoms with Gasteiger partial charge >= 0.3 is 0 Å². The molecule has 0 heterocycles. The third kappa shape index (κ3) is 7.11. The second kappa shape index (κ2) is 12.3. The van der Waals surface area contributed by atoms with Gasteiger partial charge in [-0.3, -0.25) is 13.9 Å². The van der Waals surface area contributed by atoms with Crippen LogP contribution in [0.1, 0.15) is 44.6 Å². The number of sulfonamides is 1. The molecule has 0 saturated heterocycles. The van der Waals surface area contributed by atoms with Crippen LogP contribution in [0.25, 0.3) is 0 Å². The van der Waals surface area contributed by atoms with E-state index >= 15 is 0 Å². The quantitative estimate of drug-likeness (QED) is 0.456. The highest BCUT2D eigenvalue weighted by Crippen LogP contribution is 2.28. The minimum Gasteiger partial charge on any atom is -0.352 e. The Hall–Kier alpha value is -2.36. The first-order chi connectivity index (χ1) is 17.0. The molecule has 0 unspecified atom stereocenters. The number of anilines is 1. The first kappa shape index (κ1) is 28.2. The molecule has 2 aromatic carbocycles. The molecule has 0 aliphatic heterocycles. The number of amides is 2. The third-order valence-electron chi connectivity index (χ3n) is 6.27. The number of halogens is 3. The lowest BCUT2D eigenvalue weighted by atomic mass is 10.1. The summed E-state index contributed by atoms with van der Waals surface area (Å²) in [5.74, 6) is -1.47. The lowest BCUT2D eigenvalue weighted by Crippen LogP contribution is -2.53. The van der Waals surface area contributed by atoms with Gasteiger partial charge < -0.3 is 10.2 Å². The zero-order chi connectivity index (χ0) is 26.5. The van der Waals surface area contributed by atoms with Gasteiger partial charge in [0.15, 0.2) is 0 Å². The maximum atomic E-state index is 13.7. The Morgan fingerprint density at radius 1 is 1.08 bits per heavy atom. The fourth-order valence-electron chi connectivity index (χ4n) is 4.36. The number of hydrogen-bond acceptors (Lipinski definition) is 4. The molecule has 1 fully saturated rings. The van der Waals surface area contributed by atoms with Gasteiger partial charge in [-0.05, 0) is 55.7 Å². The molecule has 1 atom stereocenters. The Kier molecular flexibility index (Phi) is 9.60. The van der Waals surface area contributed by atoms with Crippen molar-refractivity contribution in [3.8, 4) is 0 Å². The van der Waals surface area contributed by atoms with Crippen LogP contribution in [-0.4, -0.2) is 50.0 Å². The molecule has 1 aliphatic rings. The smallest absolute Gasteiger partial charge is 0.244 e. The molecular formula is C25H30Cl2FN3O4S. The van der Waals surface area contributed by atoms with Crippen LogP contribution in [0.3, 0.4) is 0 Å². The predicted octanol–water partition coefficient (Wildman–Crippen LogP) is 4.76. The van der Waals surface area contributed by atoms with Gasteiger partial charge in [-0.25, -0.2) is 12.8 Å². The normalized spacial score (nSPS) is 14.9. The Bertz CT molecular complexity index is 1170. The molecule has 0 spiro atoms. The Morgan fingerprint density at radius 2 is 1.67 bits per heavy atom. The summed E-state index contributed by atoms with van der Waals surface area (Å²) in [5.41, 5.74) is 0.584. The molecule has 0 bridgehead atoms. The standard InChI is InChI=1S/C25H30Cl2FN3O4S/c1-3-23(25(33)29-18-7-4-5-8-18)30(15-20-21(26)9-6-10-22(20)27)24(32)16-31(36(2,34)35)19-13-11-17(28)12-14-19/h6,9-14,18,23H,3-5,7-8,15-16H2,1-2H3,(H,29,33)/t23-/m0/s1. The van der Waals surface area contributed by atoms with E-state index in [9.17, 15) is 22.4 Å². The van der Waals surface area contributed by atoms with Gasteiger partial charge in [-0.1, -0.05) is 49.0 Å². The van der Waals surface area contributed by atoms with Crippen molar-refractivity contribution in [2.45, 2.75) is 57.7 Å². The van der Waals surface area contributed by atoms with Crippen LogP contribution in [0.2, 0.25) is 10.0 Å². The van der Waals surface area contributed by atoms with E-state index in [2.05, 4.69) is 5.32 Å². The third-order valence-corrected chi connectivity index (χ3v) is 8.12. The number of benzene rings is 2. The minimum absolute atomic E-state index is 0.0409. The highest BCUT2D eigenvalue weighted by Gasteiger charge is 2.33. The first-order valence-electron chi connectivity index (χ1n) is 11.8. The molecule has 0 aromatic heterocycles. The first-order valence-corrected chi connectivity index (χ1v) is 14.4. The summed E-state index contributed by atoms with van der Waals surface area (Å²) in [5, 5.41) is 3.68. The minimum atomic E-state index is -3.91. The summed E-state index contributed by atoms with van der Waals surface area (Å²) in [6.45, 7) is 1.11. The molecule has 196 valence electrons. The number of nitrogens with one attached hydrogen (secondary N) is 1. The summed E-state index contributed by atoms with van der Waals surface area (Å²) >= 11 is 12.7. The van der Waals surface area contributed by atoms with Crippen LogP contribution in [-0.2, 0) is 26.2 Å². The van der Waals surface area contributed by atoms with Crippen molar-refractivity contribution in [2.75, 3.05) is 17.1 Å². The molecule has 36 heavy (non-hydrogen) atoms. The Morgan fingerprint density at radius 3 is 2.19 bits per heavy atom. The highest BCUT2D eigenvalue weighted by atomic mass is 35.5.